The van der Waals surface area contributed by atoms with Crippen molar-refractivity contribution in [1.29, 1.82) is 0 Å². The van der Waals surface area contributed by atoms with Crippen molar-refractivity contribution in [2.75, 3.05) is 15.5 Å². The fourth-order valence-electron chi connectivity index (χ4n) is 4.07. The summed E-state index contributed by atoms with van der Waals surface area (Å²) in [5.74, 6) is -2.12. The third-order valence-corrected chi connectivity index (χ3v) is 6.95. The zero-order chi connectivity index (χ0) is 28.4. The van der Waals surface area contributed by atoms with Crippen LogP contribution >= 0.6 is 34.8 Å². The summed E-state index contributed by atoms with van der Waals surface area (Å²) in [5, 5.41) is 5.91. The molecule has 0 unspecified atom stereocenters. The van der Waals surface area contributed by atoms with Gasteiger partial charge in [-0.2, -0.15) is 0 Å². The van der Waals surface area contributed by atoms with Crippen LogP contribution in [0.1, 0.15) is 26.3 Å². The van der Waals surface area contributed by atoms with E-state index in [0.717, 1.165) is 4.90 Å². The van der Waals surface area contributed by atoms with Gasteiger partial charge in [0, 0.05) is 27.4 Å². The fraction of sp³-hybridized carbons (Fsp3) is 0. The molecule has 1 aliphatic heterocycles. The van der Waals surface area contributed by atoms with Gasteiger partial charge in [0.15, 0.2) is 5.78 Å². The summed E-state index contributed by atoms with van der Waals surface area (Å²) in [7, 11) is 0. The van der Waals surface area contributed by atoms with Gasteiger partial charge in [-0.25, -0.2) is 4.90 Å². The molecular formula is C30H18Cl3N3O4. The Morgan fingerprint density at radius 3 is 2.08 bits per heavy atom. The number of rotatable bonds is 7. The van der Waals surface area contributed by atoms with Gasteiger partial charge in [0.2, 0.25) is 0 Å². The molecule has 4 aromatic carbocycles. The minimum Gasteiger partial charge on any atom is -0.350 e. The number of carbonyl (C=O) groups is 4. The average Bonchev–Trinajstić information content (AvgIpc) is 3.17. The van der Waals surface area contributed by atoms with E-state index in [9.17, 15) is 19.2 Å². The van der Waals surface area contributed by atoms with E-state index < -0.39 is 17.7 Å². The van der Waals surface area contributed by atoms with Crippen molar-refractivity contribution < 1.29 is 19.2 Å². The van der Waals surface area contributed by atoms with Gasteiger partial charge in [-0.1, -0.05) is 77.3 Å². The van der Waals surface area contributed by atoms with Gasteiger partial charge < -0.3 is 10.6 Å². The van der Waals surface area contributed by atoms with E-state index in [-0.39, 0.29) is 38.3 Å². The lowest BCUT2D eigenvalue weighted by atomic mass is 10.0. The van der Waals surface area contributed by atoms with Crippen LogP contribution in [0.15, 0.2) is 108 Å². The number of hydrogen-bond acceptors (Lipinski definition) is 5. The number of hydrogen-bond donors (Lipinski definition) is 2. The predicted octanol–water partition coefficient (Wildman–Crippen LogP) is 6.91. The van der Waals surface area contributed by atoms with Crippen LogP contribution in [0.2, 0.25) is 10.0 Å². The quantitative estimate of drug-likeness (QED) is 0.180. The van der Waals surface area contributed by atoms with Crippen molar-refractivity contribution in [3.63, 3.8) is 0 Å². The monoisotopic (exact) mass is 589 g/mol. The molecule has 7 nitrogen and oxygen atoms in total. The SMILES string of the molecule is O=C(Nc1ccc(Cl)cc1C(=O)c1ccccc1)c1ccc(NC2=C(Cl)C(=O)N(c3ccccc3Cl)C2=O)cc1. The Morgan fingerprint density at radius 2 is 1.38 bits per heavy atom. The van der Waals surface area contributed by atoms with E-state index in [1.165, 1.54) is 24.3 Å². The number of nitrogens with one attached hydrogen (secondary N) is 2. The third-order valence-electron chi connectivity index (χ3n) is 6.05. The van der Waals surface area contributed by atoms with E-state index in [1.54, 1.807) is 72.8 Å². The van der Waals surface area contributed by atoms with E-state index in [1.807, 2.05) is 0 Å². The number of anilines is 3. The van der Waals surface area contributed by atoms with Crippen LogP contribution in [-0.2, 0) is 9.59 Å². The molecule has 0 radical (unpaired) electrons. The molecule has 2 N–H and O–H groups in total. The summed E-state index contributed by atoms with van der Waals surface area (Å²) in [6.07, 6.45) is 0. The minimum absolute atomic E-state index is 0.117. The standard InChI is InChI=1S/C30H18Cl3N3O4/c31-19-12-15-23(21(16-19)27(37)17-6-2-1-3-7-17)35-28(38)18-10-13-20(14-11-18)34-26-25(33)29(39)36(30(26)40)24-9-5-4-8-22(24)32/h1-16,34H,(H,35,38). The van der Waals surface area contributed by atoms with Crippen molar-refractivity contribution in [2.45, 2.75) is 0 Å². The van der Waals surface area contributed by atoms with E-state index >= 15 is 0 Å². The Bertz CT molecular complexity index is 1700. The highest BCUT2D eigenvalue weighted by molar-refractivity contribution is 6.53. The lowest BCUT2D eigenvalue weighted by Crippen LogP contribution is -2.32. The Kier molecular flexibility index (Phi) is 7.71. The highest BCUT2D eigenvalue weighted by atomic mass is 35.5. The van der Waals surface area contributed by atoms with Crippen LogP contribution in [0.4, 0.5) is 17.1 Å². The second kappa shape index (κ2) is 11.4. The Morgan fingerprint density at radius 1 is 0.700 bits per heavy atom. The number of ketones is 1. The smallest absolute Gasteiger partial charge is 0.283 e. The summed E-state index contributed by atoms with van der Waals surface area (Å²) < 4.78 is 0. The van der Waals surface area contributed by atoms with Gasteiger partial charge in [0.1, 0.15) is 10.7 Å². The normalized spacial score (nSPS) is 13.0. The summed E-state index contributed by atoms with van der Waals surface area (Å²) in [6, 6.07) is 25.9. The predicted molar refractivity (Wildman–Crippen MR) is 156 cm³/mol. The van der Waals surface area contributed by atoms with Crippen molar-refractivity contribution in [3.05, 3.63) is 135 Å². The molecule has 40 heavy (non-hydrogen) atoms. The largest absolute Gasteiger partial charge is 0.350 e. The van der Waals surface area contributed by atoms with Gasteiger partial charge in [-0.3, -0.25) is 19.2 Å². The van der Waals surface area contributed by atoms with Crippen LogP contribution in [0.3, 0.4) is 0 Å². The number of amides is 3. The zero-order valence-corrected chi connectivity index (χ0v) is 22.7. The molecule has 10 heteroatoms. The Labute approximate surface area is 244 Å². The zero-order valence-electron chi connectivity index (χ0n) is 20.5. The van der Waals surface area contributed by atoms with Gasteiger partial charge in [0.05, 0.1) is 16.4 Å². The van der Waals surface area contributed by atoms with Crippen molar-refractivity contribution in [2.24, 2.45) is 0 Å². The minimum atomic E-state index is -0.706. The summed E-state index contributed by atoms with van der Waals surface area (Å²) in [6.45, 7) is 0. The van der Waals surface area contributed by atoms with E-state index in [0.29, 0.717) is 22.0 Å². The van der Waals surface area contributed by atoms with Gasteiger partial charge >= 0.3 is 0 Å². The molecule has 0 atom stereocenters. The molecule has 0 bridgehead atoms. The molecule has 0 saturated heterocycles. The average molecular weight is 591 g/mol. The molecule has 0 spiro atoms. The number of benzene rings is 4. The van der Waals surface area contributed by atoms with Crippen LogP contribution in [0.25, 0.3) is 0 Å². The molecule has 3 amide bonds. The first-order chi connectivity index (χ1) is 19.2. The molecular weight excluding hydrogens is 573 g/mol. The van der Waals surface area contributed by atoms with Crippen molar-refractivity contribution >= 4 is 75.4 Å². The number of para-hydroxylation sites is 1. The molecule has 1 heterocycles. The molecule has 1 aliphatic rings. The van der Waals surface area contributed by atoms with Gasteiger partial charge in [-0.15, -0.1) is 0 Å². The Balaban J connectivity index is 1.32. The summed E-state index contributed by atoms with van der Waals surface area (Å²) in [4.78, 5) is 52.7. The number of carbonyl (C=O) groups excluding carboxylic acids is 4. The van der Waals surface area contributed by atoms with Crippen LogP contribution in [0.5, 0.6) is 0 Å². The Hall–Kier alpha value is -4.43. The van der Waals surface area contributed by atoms with Crippen LogP contribution in [-0.4, -0.2) is 23.5 Å². The first kappa shape index (κ1) is 27.1. The highest BCUT2D eigenvalue weighted by Gasteiger charge is 2.39. The topological polar surface area (TPSA) is 95.6 Å². The maximum Gasteiger partial charge on any atom is 0.283 e. The lowest BCUT2D eigenvalue weighted by molar-refractivity contribution is -0.120. The molecule has 198 valence electrons. The number of imide groups is 1. The molecule has 0 saturated carbocycles. The number of halogens is 3. The maximum atomic E-state index is 13.1. The first-order valence-electron chi connectivity index (χ1n) is 11.9. The van der Waals surface area contributed by atoms with Crippen molar-refractivity contribution in [1.82, 2.24) is 0 Å². The van der Waals surface area contributed by atoms with Crippen molar-refractivity contribution in [3.8, 4) is 0 Å². The fourth-order valence-corrected chi connectivity index (χ4v) is 4.67. The lowest BCUT2D eigenvalue weighted by Gasteiger charge is -2.16. The van der Waals surface area contributed by atoms with E-state index in [2.05, 4.69) is 10.6 Å². The third kappa shape index (κ3) is 5.35. The van der Waals surface area contributed by atoms with Gasteiger partial charge in [0.25, 0.3) is 17.7 Å². The summed E-state index contributed by atoms with van der Waals surface area (Å²) >= 11 is 18.5. The second-order valence-electron chi connectivity index (χ2n) is 8.63. The van der Waals surface area contributed by atoms with Crippen LogP contribution < -0.4 is 15.5 Å². The molecule has 0 fully saturated rings. The number of nitrogens with zero attached hydrogens (tertiary/aromatic N) is 1. The van der Waals surface area contributed by atoms with Gasteiger partial charge in [-0.05, 0) is 54.6 Å². The highest BCUT2D eigenvalue weighted by Crippen LogP contribution is 2.34. The maximum absolute atomic E-state index is 13.1. The van der Waals surface area contributed by atoms with E-state index in [4.69, 9.17) is 34.8 Å². The van der Waals surface area contributed by atoms with Crippen LogP contribution in [0, 0.1) is 0 Å². The summed E-state index contributed by atoms with van der Waals surface area (Å²) in [5.41, 5.74) is 1.80. The first-order valence-corrected chi connectivity index (χ1v) is 13.0. The second-order valence-corrected chi connectivity index (χ2v) is 9.85. The molecule has 0 aliphatic carbocycles. The molecule has 4 aromatic rings. The molecule has 5 rings (SSSR count). The molecule has 0 aromatic heterocycles.